The van der Waals surface area contributed by atoms with E-state index in [-0.39, 0.29) is 24.0 Å². The fourth-order valence-corrected chi connectivity index (χ4v) is 3.69. The molecule has 1 aliphatic heterocycles. The minimum atomic E-state index is 0. The highest BCUT2D eigenvalue weighted by Gasteiger charge is 2.17. The second kappa shape index (κ2) is 12.3. The summed E-state index contributed by atoms with van der Waals surface area (Å²) in [6, 6.07) is 10.3. The maximum atomic E-state index is 4.54. The van der Waals surface area contributed by atoms with E-state index in [0.717, 1.165) is 49.2 Å². The zero-order valence-corrected chi connectivity index (χ0v) is 21.0. The van der Waals surface area contributed by atoms with Gasteiger partial charge >= 0.3 is 0 Å². The van der Waals surface area contributed by atoms with Crippen molar-refractivity contribution in [1.29, 1.82) is 0 Å². The first-order valence-corrected chi connectivity index (χ1v) is 10.5. The van der Waals surface area contributed by atoms with Gasteiger partial charge in [0.2, 0.25) is 0 Å². The van der Waals surface area contributed by atoms with E-state index in [1.165, 1.54) is 13.1 Å². The van der Waals surface area contributed by atoms with Gasteiger partial charge in [-0.2, -0.15) is 0 Å². The number of aromatic amines is 1. The van der Waals surface area contributed by atoms with Crippen LogP contribution in [-0.2, 0) is 6.54 Å². The number of piperazine rings is 1. The first-order valence-electron chi connectivity index (χ1n) is 10.5. The van der Waals surface area contributed by atoms with Crippen LogP contribution in [0, 0.1) is 5.92 Å². The van der Waals surface area contributed by atoms with E-state index >= 15 is 0 Å². The lowest BCUT2D eigenvalue weighted by Crippen LogP contribution is -2.47. The minimum absolute atomic E-state index is 0. The Morgan fingerprint density at radius 3 is 2.60 bits per heavy atom. The number of likely N-dealkylation sites (N-methyl/N-ethyl adjacent to an activating group) is 1. The number of aromatic nitrogens is 2. The molecule has 0 radical (unpaired) electrons. The van der Waals surface area contributed by atoms with Crippen molar-refractivity contribution in [1.82, 2.24) is 30.0 Å². The molecule has 0 bridgehead atoms. The maximum absolute atomic E-state index is 4.54. The van der Waals surface area contributed by atoms with Gasteiger partial charge in [-0.15, -0.1) is 24.0 Å². The number of guanidine groups is 1. The third-order valence-electron chi connectivity index (χ3n) is 5.45. The Hall–Kier alpha value is -1.65. The number of aliphatic imine (C=N–C) groups is 1. The van der Waals surface area contributed by atoms with E-state index in [9.17, 15) is 0 Å². The van der Waals surface area contributed by atoms with Crippen LogP contribution in [0.25, 0.3) is 11.3 Å². The smallest absolute Gasteiger partial charge is 0.193 e. The van der Waals surface area contributed by atoms with Crippen LogP contribution in [-0.4, -0.2) is 91.0 Å². The molecule has 1 saturated heterocycles. The van der Waals surface area contributed by atoms with Crippen LogP contribution < -0.4 is 5.32 Å². The van der Waals surface area contributed by atoms with Crippen LogP contribution in [0.5, 0.6) is 0 Å². The Labute approximate surface area is 198 Å². The normalized spacial score (nSPS) is 16.7. The number of nitrogens with zero attached hydrogens (tertiary/aromatic N) is 5. The van der Waals surface area contributed by atoms with Gasteiger partial charge in [0.15, 0.2) is 5.96 Å². The standard InChI is InChI=1S/C22H35N7.HI/c1-18(16-29-12-10-27(3)11-13-29)14-25-22(23-2)28(4)17-21-24-15-20(26-21)19-8-6-5-7-9-19;/h5-9,15,18H,10-14,16-17H2,1-4H3,(H,23,25)(H,24,26);1H. The molecule has 7 nitrogen and oxygen atoms in total. The van der Waals surface area contributed by atoms with E-state index in [1.54, 1.807) is 0 Å². The molecule has 1 atom stereocenters. The second-order valence-corrected chi connectivity index (χ2v) is 8.10. The summed E-state index contributed by atoms with van der Waals surface area (Å²) in [5, 5.41) is 3.52. The molecule has 2 N–H and O–H groups in total. The summed E-state index contributed by atoms with van der Waals surface area (Å²) >= 11 is 0. The highest BCUT2D eigenvalue weighted by Crippen LogP contribution is 2.16. The molecule has 8 heteroatoms. The zero-order valence-electron chi connectivity index (χ0n) is 18.6. The van der Waals surface area contributed by atoms with Crippen molar-refractivity contribution in [3.8, 4) is 11.3 Å². The number of rotatable bonds is 7. The van der Waals surface area contributed by atoms with Crippen LogP contribution in [0.15, 0.2) is 41.5 Å². The Morgan fingerprint density at radius 1 is 1.23 bits per heavy atom. The lowest BCUT2D eigenvalue weighted by Gasteiger charge is -2.34. The van der Waals surface area contributed by atoms with Crippen molar-refractivity contribution in [2.24, 2.45) is 10.9 Å². The molecule has 0 amide bonds. The molecule has 166 valence electrons. The number of imidazole rings is 1. The Morgan fingerprint density at radius 2 is 1.93 bits per heavy atom. The van der Waals surface area contributed by atoms with E-state index < -0.39 is 0 Å². The number of H-pyrrole nitrogens is 1. The average molecular weight is 525 g/mol. The number of benzene rings is 1. The minimum Gasteiger partial charge on any atom is -0.356 e. The van der Waals surface area contributed by atoms with Gasteiger partial charge in [0, 0.05) is 53.4 Å². The van der Waals surface area contributed by atoms with Crippen LogP contribution in [0.1, 0.15) is 12.7 Å². The quantitative estimate of drug-likeness (QED) is 0.331. The lowest BCUT2D eigenvalue weighted by molar-refractivity contribution is 0.139. The zero-order chi connectivity index (χ0) is 20.6. The van der Waals surface area contributed by atoms with E-state index in [4.69, 9.17) is 0 Å². The number of nitrogens with one attached hydrogen (secondary N) is 2. The van der Waals surface area contributed by atoms with E-state index in [1.807, 2.05) is 38.5 Å². The van der Waals surface area contributed by atoms with E-state index in [2.05, 4.69) is 61.1 Å². The molecule has 30 heavy (non-hydrogen) atoms. The summed E-state index contributed by atoms with van der Waals surface area (Å²) in [7, 11) is 6.08. The third-order valence-corrected chi connectivity index (χ3v) is 5.45. The predicted molar refractivity (Wildman–Crippen MR) is 135 cm³/mol. The molecule has 1 aromatic carbocycles. The Bertz CT molecular complexity index is 769. The fourth-order valence-electron chi connectivity index (χ4n) is 3.69. The number of hydrogen-bond acceptors (Lipinski definition) is 4. The van der Waals surface area contributed by atoms with Gasteiger partial charge in [-0.25, -0.2) is 4.98 Å². The number of hydrogen-bond donors (Lipinski definition) is 2. The van der Waals surface area contributed by atoms with E-state index in [0.29, 0.717) is 12.5 Å². The van der Waals surface area contributed by atoms with Crippen LogP contribution >= 0.6 is 24.0 Å². The van der Waals surface area contributed by atoms with Crippen LogP contribution in [0.4, 0.5) is 0 Å². The largest absolute Gasteiger partial charge is 0.356 e. The van der Waals surface area contributed by atoms with Gasteiger partial charge in [-0.05, 0) is 18.5 Å². The Kier molecular flexibility index (Phi) is 10.1. The second-order valence-electron chi connectivity index (χ2n) is 8.10. The fraction of sp³-hybridized carbons (Fsp3) is 0.545. The first kappa shape index (κ1) is 24.6. The predicted octanol–water partition coefficient (Wildman–Crippen LogP) is 2.59. The summed E-state index contributed by atoms with van der Waals surface area (Å²) in [6.07, 6.45) is 1.90. The van der Waals surface area contributed by atoms with Gasteiger partial charge in [0.1, 0.15) is 5.82 Å². The van der Waals surface area contributed by atoms with Gasteiger partial charge in [-0.1, -0.05) is 37.3 Å². The van der Waals surface area contributed by atoms with Gasteiger partial charge < -0.3 is 25.0 Å². The summed E-state index contributed by atoms with van der Waals surface area (Å²) in [5.41, 5.74) is 2.19. The topological polar surface area (TPSA) is 62.8 Å². The van der Waals surface area contributed by atoms with Crippen molar-refractivity contribution >= 4 is 29.9 Å². The molecule has 1 aromatic heterocycles. The Balaban J connectivity index is 0.00000320. The molecule has 2 aromatic rings. The lowest BCUT2D eigenvalue weighted by atomic mass is 10.1. The van der Waals surface area contributed by atoms with Gasteiger partial charge in [0.25, 0.3) is 0 Å². The first-order chi connectivity index (χ1) is 14.0. The van der Waals surface area contributed by atoms with Crippen LogP contribution in [0.2, 0.25) is 0 Å². The maximum Gasteiger partial charge on any atom is 0.193 e. The SMILES string of the molecule is CN=C(NCC(C)CN1CCN(C)CC1)N(C)Cc1ncc(-c2ccccc2)[nH]1.I. The van der Waals surface area contributed by atoms with Gasteiger partial charge in [0.05, 0.1) is 18.4 Å². The molecular weight excluding hydrogens is 489 g/mol. The molecule has 0 aliphatic carbocycles. The summed E-state index contributed by atoms with van der Waals surface area (Å²) in [4.78, 5) is 19.5. The molecule has 2 heterocycles. The highest BCUT2D eigenvalue weighted by atomic mass is 127. The van der Waals surface area contributed by atoms with Crippen molar-refractivity contribution in [2.75, 3.05) is 60.4 Å². The molecule has 0 spiro atoms. The summed E-state index contributed by atoms with van der Waals surface area (Å²) in [6.45, 7) is 9.68. The highest BCUT2D eigenvalue weighted by molar-refractivity contribution is 14.0. The van der Waals surface area contributed by atoms with Crippen molar-refractivity contribution in [3.05, 3.63) is 42.4 Å². The van der Waals surface area contributed by atoms with Crippen LogP contribution in [0.3, 0.4) is 0 Å². The molecule has 3 rings (SSSR count). The molecule has 1 unspecified atom stereocenters. The monoisotopic (exact) mass is 525 g/mol. The number of halogens is 1. The van der Waals surface area contributed by atoms with Gasteiger partial charge in [-0.3, -0.25) is 4.99 Å². The summed E-state index contributed by atoms with van der Waals surface area (Å²) in [5.74, 6) is 2.39. The molecular formula is C22H36IN7. The van der Waals surface area contributed by atoms with Crippen molar-refractivity contribution < 1.29 is 0 Å². The van der Waals surface area contributed by atoms with Crippen molar-refractivity contribution in [3.63, 3.8) is 0 Å². The molecule has 0 saturated carbocycles. The van der Waals surface area contributed by atoms with Crippen molar-refractivity contribution in [2.45, 2.75) is 13.5 Å². The molecule has 1 aliphatic rings. The molecule has 1 fully saturated rings. The average Bonchev–Trinajstić information content (AvgIpc) is 3.19. The third kappa shape index (κ3) is 7.24. The summed E-state index contributed by atoms with van der Waals surface area (Å²) < 4.78 is 0.